The second-order valence-electron chi connectivity index (χ2n) is 2.42. The third-order valence-corrected chi connectivity index (χ3v) is 2.44. The van der Waals surface area contributed by atoms with Crippen LogP contribution in [0.15, 0.2) is 16.6 Å². The predicted octanol–water partition coefficient (Wildman–Crippen LogP) is 1.81. The van der Waals surface area contributed by atoms with Gasteiger partial charge in [0.1, 0.15) is 11.8 Å². The maximum Gasteiger partial charge on any atom is 0.339 e. The van der Waals surface area contributed by atoms with Crippen molar-refractivity contribution in [3.8, 4) is 11.8 Å². The van der Waals surface area contributed by atoms with Gasteiger partial charge in [0.05, 0.1) is 22.7 Å². The van der Waals surface area contributed by atoms with Crippen molar-refractivity contribution in [2.75, 3.05) is 7.11 Å². The van der Waals surface area contributed by atoms with Crippen LogP contribution in [0.5, 0.6) is 5.75 Å². The summed E-state index contributed by atoms with van der Waals surface area (Å²) < 4.78 is 4.68. The monoisotopic (exact) mass is 255 g/mol. The fourth-order valence-corrected chi connectivity index (χ4v) is 1.39. The number of phenolic OH excluding ortho intramolecular Hbond substituents is 1. The van der Waals surface area contributed by atoms with Crippen LogP contribution in [0.1, 0.15) is 15.9 Å². The van der Waals surface area contributed by atoms with E-state index in [4.69, 9.17) is 5.26 Å². The largest absolute Gasteiger partial charge is 0.507 e. The normalized spacial score (nSPS) is 9.21. The molecule has 1 N–H and O–H groups in total. The zero-order valence-electron chi connectivity index (χ0n) is 7.24. The Morgan fingerprint density at radius 2 is 2.29 bits per heavy atom. The lowest BCUT2D eigenvalue weighted by Crippen LogP contribution is -2.04. The van der Waals surface area contributed by atoms with E-state index in [-0.39, 0.29) is 21.3 Å². The number of benzene rings is 1. The number of methoxy groups -OCH3 is 1. The number of esters is 1. The molecule has 0 heterocycles. The SMILES string of the molecule is COC(=O)c1ccc(O)c(Br)c1C#N. The van der Waals surface area contributed by atoms with E-state index in [2.05, 4.69) is 20.7 Å². The van der Waals surface area contributed by atoms with E-state index >= 15 is 0 Å². The maximum atomic E-state index is 11.2. The third kappa shape index (κ3) is 1.70. The molecule has 0 aromatic heterocycles. The van der Waals surface area contributed by atoms with Gasteiger partial charge in [-0.1, -0.05) is 0 Å². The summed E-state index contributed by atoms with van der Waals surface area (Å²) in [5.41, 5.74) is 0.191. The first-order valence-electron chi connectivity index (χ1n) is 3.61. The van der Waals surface area contributed by atoms with Gasteiger partial charge in [0.2, 0.25) is 0 Å². The average molecular weight is 256 g/mol. The van der Waals surface area contributed by atoms with Crippen molar-refractivity contribution in [1.82, 2.24) is 0 Å². The molecule has 0 radical (unpaired) electrons. The van der Waals surface area contributed by atoms with Gasteiger partial charge >= 0.3 is 5.97 Å². The highest BCUT2D eigenvalue weighted by Gasteiger charge is 2.16. The highest BCUT2D eigenvalue weighted by molar-refractivity contribution is 9.10. The van der Waals surface area contributed by atoms with E-state index in [0.717, 1.165) is 0 Å². The van der Waals surface area contributed by atoms with Crippen molar-refractivity contribution in [1.29, 1.82) is 5.26 Å². The number of hydrogen-bond donors (Lipinski definition) is 1. The molecule has 0 amide bonds. The minimum Gasteiger partial charge on any atom is -0.507 e. The molecule has 1 aromatic rings. The Bertz CT molecular complexity index is 423. The van der Waals surface area contributed by atoms with Gasteiger partial charge in [-0.25, -0.2) is 4.79 Å². The Morgan fingerprint density at radius 1 is 1.64 bits per heavy atom. The van der Waals surface area contributed by atoms with E-state index < -0.39 is 5.97 Å². The van der Waals surface area contributed by atoms with Gasteiger partial charge in [0, 0.05) is 0 Å². The summed E-state index contributed by atoms with van der Waals surface area (Å²) in [6.45, 7) is 0. The predicted molar refractivity (Wildman–Crippen MR) is 51.9 cm³/mol. The van der Waals surface area contributed by atoms with Crippen molar-refractivity contribution in [2.45, 2.75) is 0 Å². The Balaban J connectivity index is 3.40. The number of rotatable bonds is 1. The first-order valence-corrected chi connectivity index (χ1v) is 4.41. The lowest BCUT2D eigenvalue weighted by atomic mass is 10.1. The Morgan fingerprint density at radius 3 is 2.79 bits per heavy atom. The Kier molecular flexibility index (Phi) is 3.10. The standard InChI is InChI=1S/C9H6BrNO3/c1-14-9(13)5-2-3-7(12)8(10)6(5)4-11/h2-3,12H,1H3. The maximum absolute atomic E-state index is 11.2. The summed E-state index contributed by atoms with van der Waals surface area (Å²) in [7, 11) is 1.23. The number of halogens is 1. The van der Waals surface area contributed by atoms with Crippen molar-refractivity contribution in [2.24, 2.45) is 0 Å². The quantitative estimate of drug-likeness (QED) is 0.778. The number of carbonyl (C=O) groups is 1. The highest BCUT2D eigenvalue weighted by atomic mass is 79.9. The molecular formula is C9H6BrNO3. The summed E-state index contributed by atoms with van der Waals surface area (Å²) in [6, 6.07) is 4.47. The molecule has 4 nitrogen and oxygen atoms in total. The molecule has 0 bridgehead atoms. The Labute approximate surface area is 88.9 Å². The first-order chi connectivity index (χ1) is 6.61. The molecule has 0 unspecified atom stereocenters. The van der Waals surface area contributed by atoms with E-state index in [9.17, 15) is 9.90 Å². The molecule has 0 saturated carbocycles. The van der Waals surface area contributed by atoms with Crippen LogP contribution >= 0.6 is 15.9 Å². The van der Waals surface area contributed by atoms with Crippen molar-refractivity contribution >= 4 is 21.9 Å². The second kappa shape index (κ2) is 4.11. The molecule has 72 valence electrons. The summed E-state index contributed by atoms with van der Waals surface area (Å²) in [6.07, 6.45) is 0. The van der Waals surface area contributed by atoms with Crippen LogP contribution in [-0.4, -0.2) is 18.2 Å². The van der Waals surface area contributed by atoms with Crippen molar-refractivity contribution < 1.29 is 14.6 Å². The third-order valence-electron chi connectivity index (χ3n) is 1.64. The average Bonchev–Trinajstić information content (AvgIpc) is 2.20. The molecular weight excluding hydrogens is 250 g/mol. The van der Waals surface area contributed by atoms with E-state index in [1.807, 2.05) is 6.07 Å². The van der Waals surface area contributed by atoms with Gasteiger partial charge in [-0.3, -0.25) is 0 Å². The zero-order valence-corrected chi connectivity index (χ0v) is 8.83. The number of hydrogen-bond acceptors (Lipinski definition) is 4. The number of phenols is 1. The van der Waals surface area contributed by atoms with Crippen LogP contribution in [0.3, 0.4) is 0 Å². The van der Waals surface area contributed by atoms with Crippen LogP contribution < -0.4 is 0 Å². The topological polar surface area (TPSA) is 70.3 Å². The smallest absolute Gasteiger partial charge is 0.339 e. The number of aromatic hydroxyl groups is 1. The molecule has 5 heteroatoms. The van der Waals surface area contributed by atoms with Gasteiger partial charge in [0.15, 0.2) is 0 Å². The van der Waals surface area contributed by atoms with Crippen LogP contribution in [-0.2, 0) is 4.74 Å². The molecule has 0 aliphatic rings. The van der Waals surface area contributed by atoms with Crippen LogP contribution in [0, 0.1) is 11.3 Å². The zero-order chi connectivity index (χ0) is 10.7. The Hall–Kier alpha value is -1.54. The minimum absolute atomic E-state index is 0.0665. The molecule has 1 rings (SSSR count). The molecule has 0 aliphatic heterocycles. The minimum atomic E-state index is -0.609. The van der Waals surface area contributed by atoms with Crippen LogP contribution in [0.2, 0.25) is 0 Å². The van der Waals surface area contributed by atoms with Crippen LogP contribution in [0.25, 0.3) is 0 Å². The van der Waals surface area contributed by atoms with Gasteiger partial charge in [-0.2, -0.15) is 5.26 Å². The summed E-state index contributed by atoms with van der Waals surface area (Å²) >= 11 is 3.01. The van der Waals surface area contributed by atoms with E-state index in [0.29, 0.717) is 0 Å². The van der Waals surface area contributed by atoms with Crippen molar-refractivity contribution in [3.05, 3.63) is 27.7 Å². The summed E-state index contributed by atoms with van der Waals surface area (Å²) in [5, 5.41) is 18.0. The highest BCUT2D eigenvalue weighted by Crippen LogP contribution is 2.29. The number of ether oxygens (including phenoxy) is 1. The van der Waals surface area contributed by atoms with Gasteiger partial charge in [-0.15, -0.1) is 0 Å². The first kappa shape index (κ1) is 10.5. The fourth-order valence-electron chi connectivity index (χ4n) is 0.954. The molecule has 0 aliphatic carbocycles. The van der Waals surface area contributed by atoms with Gasteiger partial charge < -0.3 is 9.84 Å². The summed E-state index contributed by atoms with van der Waals surface area (Å²) in [4.78, 5) is 11.2. The fraction of sp³-hybridized carbons (Fsp3) is 0.111. The molecule has 14 heavy (non-hydrogen) atoms. The van der Waals surface area contributed by atoms with Crippen molar-refractivity contribution in [3.63, 3.8) is 0 Å². The lowest BCUT2D eigenvalue weighted by molar-refractivity contribution is 0.0600. The number of nitrogens with zero attached hydrogens (tertiary/aromatic N) is 1. The molecule has 0 fully saturated rings. The number of nitriles is 1. The molecule has 0 atom stereocenters. The van der Waals surface area contributed by atoms with Gasteiger partial charge in [0.25, 0.3) is 0 Å². The van der Waals surface area contributed by atoms with Gasteiger partial charge in [-0.05, 0) is 28.1 Å². The summed E-state index contributed by atoms with van der Waals surface area (Å²) in [5.74, 6) is -0.698. The molecule has 0 saturated heterocycles. The van der Waals surface area contributed by atoms with E-state index in [1.165, 1.54) is 19.2 Å². The number of carbonyl (C=O) groups excluding carboxylic acids is 1. The van der Waals surface area contributed by atoms with E-state index in [1.54, 1.807) is 0 Å². The molecule has 0 spiro atoms. The molecule has 1 aromatic carbocycles. The van der Waals surface area contributed by atoms with Crippen LogP contribution in [0.4, 0.5) is 0 Å². The second-order valence-corrected chi connectivity index (χ2v) is 3.22. The lowest BCUT2D eigenvalue weighted by Gasteiger charge is -2.04.